The van der Waals surface area contributed by atoms with E-state index in [-0.39, 0.29) is 11.5 Å². The van der Waals surface area contributed by atoms with E-state index in [1.54, 1.807) is 10.8 Å². The molecule has 25 heavy (non-hydrogen) atoms. The van der Waals surface area contributed by atoms with Gasteiger partial charge in [-0.25, -0.2) is 4.98 Å². The zero-order valence-electron chi connectivity index (χ0n) is 13.9. The van der Waals surface area contributed by atoms with Crippen LogP contribution in [0.3, 0.4) is 0 Å². The predicted octanol–water partition coefficient (Wildman–Crippen LogP) is 2.27. The maximum Gasteiger partial charge on any atom is 0.291 e. The summed E-state index contributed by atoms with van der Waals surface area (Å²) in [5.41, 5.74) is 1.49. The van der Waals surface area contributed by atoms with Gasteiger partial charge in [-0.1, -0.05) is 36.5 Å². The molecule has 0 bridgehead atoms. The van der Waals surface area contributed by atoms with E-state index in [0.29, 0.717) is 15.3 Å². The summed E-state index contributed by atoms with van der Waals surface area (Å²) in [5, 5.41) is 5.22. The lowest BCUT2D eigenvalue weighted by atomic mass is 10.2. The fourth-order valence-corrected chi connectivity index (χ4v) is 3.84. The molecular formula is C18H16N4O2S. The second kappa shape index (κ2) is 5.93. The summed E-state index contributed by atoms with van der Waals surface area (Å²) in [7, 11) is 0. The highest BCUT2D eigenvalue weighted by Gasteiger charge is 2.12. The third kappa shape index (κ3) is 2.56. The van der Waals surface area contributed by atoms with Crippen LogP contribution < -0.4 is 10.1 Å². The van der Waals surface area contributed by atoms with E-state index in [1.807, 2.05) is 30.3 Å². The zero-order chi connectivity index (χ0) is 17.6. The molecule has 7 heteroatoms. The van der Waals surface area contributed by atoms with E-state index >= 15 is 0 Å². The summed E-state index contributed by atoms with van der Waals surface area (Å²) >= 11 is 1.32. The summed E-state index contributed by atoms with van der Waals surface area (Å²) in [6, 6.07) is 7.65. The number of nitrogens with zero attached hydrogens (tertiary/aromatic N) is 4. The molecule has 0 saturated heterocycles. The van der Waals surface area contributed by atoms with E-state index in [0.717, 1.165) is 29.3 Å². The van der Waals surface area contributed by atoms with Gasteiger partial charge in [0.25, 0.3) is 5.56 Å². The van der Waals surface area contributed by atoms with E-state index in [4.69, 9.17) is 0 Å². The molecule has 0 amide bonds. The Labute approximate surface area is 147 Å². The molecule has 0 saturated carbocycles. The van der Waals surface area contributed by atoms with Gasteiger partial charge in [0.1, 0.15) is 0 Å². The lowest BCUT2D eigenvalue weighted by molar-refractivity contribution is 0.0941. The van der Waals surface area contributed by atoms with Crippen LogP contribution >= 0.6 is 11.3 Å². The van der Waals surface area contributed by atoms with Crippen LogP contribution in [0.1, 0.15) is 36.5 Å². The molecule has 4 aromatic rings. The van der Waals surface area contributed by atoms with Gasteiger partial charge in [-0.3, -0.25) is 14.2 Å². The van der Waals surface area contributed by atoms with Gasteiger partial charge in [0.15, 0.2) is 5.82 Å². The minimum Gasteiger partial charge on any atom is -0.287 e. The van der Waals surface area contributed by atoms with E-state index in [1.165, 1.54) is 22.8 Å². The molecule has 0 aliphatic heterocycles. The number of hydrogen-bond acceptors (Lipinski definition) is 5. The molecular weight excluding hydrogens is 336 g/mol. The topological polar surface area (TPSA) is 69.3 Å². The molecule has 4 rings (SSSR count). The Balaban J connectivity index is 1.92. The number of aromatic nitrogens is 4. The molecule has 126 valence electrons. The largest absolute Gasteiger partial charge is 0.291 e. The SMILES string of the molecule is CCCc1nc2s/c(=C\c3cn(C(C)=O)c4ccccc34)c(=O)n2n1. The van der Waals surface area contributed by atoms with Gasteiger partial charge in [0.05, 0.1) is 10.0 Å². The predicted molar refractivity (Wildman–Crippen MR) is 98.2 cm³/mol. The Kier molecular flexibility index (Phi) is 3.73. The van der Waals surface area contributed by atoms with Crippen LogP contribution in [0.25, 0.3) is 21.9 Å². The monoisotopic (exact) mass is 352 g/mol. The summed E-state index contributed by atoms with van der Waals surface area (Å²) in [6.45, 7) is 3.57. The van der Waals surface area contributed by atoms with Crippen LogP contribution in [0.4, 0.5) is 0 Å². The van der Waals surface area contributed by atoms with Crippen LogP contribution in [-0.2, 0) is 6.42 Å². The van der Waals surface area contributed by atoms with Gasteiger partial charge in [0.2, 0.25) is 10.9 Å². The Morgan fingerprint density at radius 1 is 1.32 bits per heavy atom. The minimum atomic E-state index is -0.172. The first kappa shape index (κ1) is 15.7. The number of carbonyl (C=O) groups excluding carboxylic acids is 1. The molecule has 3 heterocycles. The van der Waals surface area contributed by atoms with Crippen molar-refractivity contribution in [2.24, 2.45) is 0 Å². The van der Waals surface area contributed by atoms with Gasteiger partial charge in [-0.15, -0.1) is 5.10 Å². The van der Waals surface area contributed by atoms with Crippen molar-refractivity contribution >= 4 is 39.2 Å². The Morgan fingerprint density at radius 2 is 2.12 bits per heavy atom. The van der Waals surface area contributed by atoms with E-state index < -0.39 is 0 Å². The number of carbonyl (C=O) groups is 1. The number of rotatable bonds is 3. The average molecular weight is 352 g/mol. The van der Waals surface area contributed by atoms with Crippen molar-refractivity contribution in [1.82, 2.24) is 19.2 Å². The molecule has 0 fully saturated rings. The quantitative estimate of drug-likeness (QED) is 0.567. The number of fused-ring (bicyclic) bond motifs is 2. The zero-order valence-corrected chi connectivity index (χ0v) is 14.7. The lowest BCUT2D eigenvalue weighted by Crippen LogP contribution is -2.23. The van der Waals surface area contributed by atoms with Gasteiger partial charge in [0, 0.05) is 30.5 Å². The summed E-state index contributed by atoms with van der Waals surface area (Å²) < 4.78 is 3.53. The van der Waals surface area contributed by atoms with Crippen LogP contribution in [-0.4, -0.2) is 25.1 Å². The lowest BCUT2D eigenvalue weighted by Gasteiger charge is -1.96. The normalized spacial score (nSPS) is 12.5. The highest BCUT2D eigenvalue weighted by atomic mass is 32.1. The third-order valence-electron chi connectivity index (χ3n) is 4.07. The average Bonchev–Trinajstić information content (AvgIpc) is 3.23. The molecule has 0 aliphatic carbocycles. The summed E-state index contributed by atoms with van der Waals surface area (Å²) in [4.78, 5) is 29.5. The van der Waals surface area contributed by atoms with Crippen LogP contribution in [0, 0.1) is 0 Å². The molecule has 0 N–H and O–H groups in total. The highest BCUT2D eigenvalue weighted by molar-refractivity contribution is 7.15. The Bertz CT molecular complexity index is 1220. The summed E-state index contributed by atoms with van der Waals surface area (Å²) in [5.74, 6) is 0.635. The van der Waals surface area contributed by atoms with Crippen molar-refractivity contribution in [3.8, 4) is 0 Å². The van der Waals surface area contributed by atoms with Gasteiger partial charge in [-0.05, 0) is 18.6 Å². The van der Waals surface area contributed by atoms with Crippen LogP contribution in [0.15, 0.2) is 35.3 Å². The maximum absolute atomic E-state index is 12.6. The van der Waals surface area contributed by atoms with Crippen molar-refractivity contribution in [2.75, 3.05) is 0 Å². The first-order chi connectivity index (χ1) is 12.1. The molecule has 1 aromatic carbocycles. The van der Waals surface area contributed by atoms with Crippen molar-refractivity contribution in [2.45, 2.75) is 26.7 Å². The first-order valence-electron chi connectivity index (χ1n) is 8.09. The number of aryl methyl sites for hydroxylation is 1. The fraction of sp³-hybridized carbons (Fsp3) is 0.222. The van der Waals surface area contributed by atoms with Crippen molar-refractivity contribution in [3.63, 3.8) is 0 Å². The number of hydrogen-bond donors (Lipinski definition) is 0. The van der Waals surface area contributed by atoms with Gasteiger partial charge in [-0.2, -0.15) is 4.52 Å². The molecule has 0 aliphatic rings. The molecule has 0 unspecified atom stereocenters. The number of benzene rings is 1. The van der Waals surface area contributed by atoms with E-state index in [9.17, 15) is 9.59 Å². The Hall–Kier alpha value is -2.80. The molecule has 0 radical (unpaired) electrons. The molecule has 3 aromatic heterocycles. The standard InChI is InChI=1S/C18H16N4O2S/c1-3-6-16-19-18-22(20-16)17(24)15(25-18)9-12-10-21(11(2)23)14-8-5-4-7-13(12)14/h4-5,7-10H,3,6H2,1-2H3/b15-9-. The third-order valence-corrected chi connectivity index (χ3v) is 5.03. The fourth-order valence-electron chi connectivity index (χ4n) is 2.93. The molecule has 6 nitrogen and oxygen atoms in total. The second-order valence-corrected chi connectivity index (χ2v) is 6.89. The van der Waals surface area contributed by atoms with E-state index in [2.05, 4.69) is 17.0 Å². The number of para-hydroxylation sites is 1. The Morgan fingerprint density at radius 3 is 2.84 bits per heavy atom. The van der Waals surface area contributed by atoms with Gasteiger partial charge < -0.3 is 0 Å². The van der Waals surface area contributed by atoms with Crippen molar-refractivity contribution in [3.05, 3.63) is 56.7 Å². The molecule has 0 spiro atoms. The first-order valence-corrected chi connectivity index (χ1v) is 8.91. The molecule has 0 atom stereocenters. The van der Waals surface area contributed by atoms with Crippen LogP contribution in [0.2, 0.25) is 0 Å². The van der Waals surface area contributed by atoms with Crippen molar-refractivity contribution < 1.29 is 4.79 Å². The second-order valence-electron chi connectivity index (χ2n) is 5.88. The smallest absolute Gasteiger partial charge is 0.287 e. The highest BCUT2D eigenvalue weighted by Crippen LogP contribution is 2.22. The maximum atomic E-state index is 12.6. The van der Waals surface area contributed by atoms with Crippen molar-refractivity contribution in [1.29, 1.82) is 0 Å². The minimum absolute atomic E-state index is 0.0648. The van der Waals surface area contributed by atoms with Gasteiger partial charge >= 0.3 is 0 Å². The number of thiazole rings is 1. The summed E-state index contributed by atoms with van der Waals surface area (Å²) in [6.07, 6.45) is 5.28. The van der Waals surface area contributed by atoms with Crippen LogP contribution in [0.5, 0.6) is 0 Å².